The molecule has 0 fully saturated rings. The van der Waals surface area contributed by atoms with Crippen LogP contribution in [0.5, 0.6) is 5.75 Å². The van der Waals surface area contributed by atoms with E-state index in [4.69, 9.17) is 9.84 Å². The number of carboxylic acids is 1. The zero-order chi connectivity index (χ0) is 18.8. The molecule has 0 radical (unpaired) electrons. The molecule has 1 heterocycles. The van der Waals surface area contributed by atoms with Crippen LogP contribution in [-0.4, -0.2) is 27.2 Å². The number of aliphatic carboxylic acids is 1. The van der Waals surface area contributed by atoms with Gasteiger partial charge in [-0.15, -0.1) is 0 Å². The second kappa shape index (κ2) is 10.2. The molecule has 0 aliphatic heterocycles. The molecule has 2 aromatic rings. The average Bonchev–Trinajstić information content (AvgIpc) is 2.97. The number of ether oxygens (including phenoxy) is 1. The second-order valence-electron chi connectivity index (χ2n) is 6.09. The lowest BCUT2D eigenvalue weighted by atomic mass is 10.2. The first-order valence-corrected chi connectivity index (χ1v) is 8.87. The fourth-order valence-electron chi connectivity index (χ4n) is 2.50. The van der Waals surface area contributed by atoms with Gasteiger partial charge < -0.3 is 14.4 Å². The number of hydrogen-bond donors (Lipinski definition) is 1. The van der Waals surface area contributed by atoms with Crippen LogP contribution < -0.4 is 4.74 Å². The van der Waals surface area contributed by atoms with Gasteiger partial charge in [0.25, 0.3) is 0 Å². The molecule has 1 aromatic carbocycles. The van der Waals surface area contributed by atoms with Crippen LogP contribution in [0.4, 0.5) is 0 Å². The van der Waals surface area contributed by atoms with Crippen LogP contribution in [-0.2, 0) is 11.8 Å². The van der Waals surface area contributed by atoms with Crippen LogP contribution in [0.2, 0.25) is 0 Å². The highest BCUT2D eigenvalue weighted by Crippen LogP contribution is 2.15. The predicted molar refractivity (Wildman–Crippen MR) is 105 cm³/mol. The molecule has 26 heavy (non-hydrogen) atoms. The normalized spacial score (nSPS) is 11.5. The summed E-state index contributed by atoms with van der Waals surface area (Å²) in [5.41, 5.74) is 2.02. The molecule has 5 nitrogen and oxygen atoms in total. The SMILES string of the molecule is C/C=C/c1cn(C)c(/C=C/c2ccc(OCCCCCC(=O)O)cc2)n1. The summed E-state index contributed by atoms with van der Waals surface area (Å²) in [6.07, 6.45) is 12.6. The van der Waals surface area contributed by atoms with Gasteiger partial charge in [0.2, 0.25) is 0 Å². The zero-order valence-electron chi connectivity index (χ0n) is 15.4. The Hall–Kier alpha value is -2.82. The van der Waals surface area contributed by atoms with Crippen LogP contribution in [0.25, 0.3) is 18.2 Å². The van der Waals surface area contributed by atoms with Gasteiger partial charge in [-0.2, -0.15) is 0 Å². The number of allylic oxidation sites excluding steroid dienone is 1. The minimum atomic E-state index is -0.738. The summed E-state index contributed by atoms with van der Waals surface area (Å²) in [6, 6.07) is 7.90. The zero-order valence-corrected chi connectivity index (χ0v) is 15.4. The quantitative estimate of drug-likeness (QED) is 0.631. The minimum Gasteiger partial charge on any atom is -0.494 e. The lowest BCUT2D eigenvalue weighted by Crippen LogP contribution is -1.99. The summed E-state index contributed by atoms with van der Waals surface area (Å²) in [5, 5.41) is 8.59. The molecule has 0 amide bonds. The van der Waals surface area contributed by atoms with Crippen molar-refractivity contribution in [1.82, 2.24) is 9.55 Å². The van der Waals surface area contributed by atoms with Gasteiger partial charge in [-0.3, -0.25) is 4.79 Å². The smallest absolute Gasteiger partial charge is 0.303 e. The molecular weight excluding hydrogens is 328 g/mol. The second-order valence-corrected chi connectivity index (χ2v) is 6.09. The summed E-state index contributed by atoms with van der Waals surface area (Å²) < 4.78 is 7.68. The summed E-state index contributed by atoms with van der Waals surface area (Å²) in [5.74, 6) is 0.991. The number of unbranched alkanes of at least 4 members (excludes halogenated alkanes) is 2. The minimum absolute atomic E-state index is 0.229. The van der Waals surface area contributed by atoms with Gasteiger partial charge in [-0.25, -0.2) is 4.98 Å². The van der Waals surface area contributed by atoms with E-state index in [1.54, 1.807) is 0 Å². The van der Waals surface area contributed by atoms with E-state index in [1.165, 1.54) is 0 Å². The monoisotopic (exact) mass is 354 g/mol. The highest BCUT2D eigenvalue weighted by atomic mass is 16.5. The summed E-state index contributed by atoms with van der Waals surface area (Å²) in [6.45, 7) is 2.58. The Morgan fingerprint density at radius 1 is 1.15 bits per heavy atom. The van der Waals surface area contributed by atoms with E-state index < -0.39 is 5.97 Å². The molecule has 0 aliphatic carbocycles. The van der Waals surface area contributed by atoms with E-state index in [9.17, 15) is 4.79 Å². The maximum Gasteiger partial charge on any atom is 0.303 e. The number of aryl methyl sites for hydroxylation is 1. The van der Waals surface area contributed by atoms with Crippen molar-refractivity contribution in [2.75, 3.05) is 6.61 Å². The molecular formula is C21H26N2O3. The number of rotatable bonds is 10. The van der Waals surface area contributed by atoms with Crippen LogP contribution in [0.15, 0.2) is 36.5 Å². The maximum absolute atomic E-state index is 10.4. The summed E-state index contributed by atoms with van der Waals surface area (Å²) in [4.78, 5) is 15.0. The number of benzene rings is 1. The van der Waals surface area contributed by atoms with Crippen LogP contribution >= 0.6 is 0 Å². The van der Waals surface area contributed by atoms with Gasteiger partial charge in [0.1, 0.15) is 11.6 Å². The number of carboxylic acid groups (broad SMARTS) is 1. The molecule has 0 bridgehead atoms. The Labute approximate surface area is 154 Å². The standard InChI is InChI=1S/C21H26N2O3/c1-3-7-18-16-23(2)20(22-18)14-11-17-9-12-19(13-10-17)26-15-6-4-5-8-21(24)25/h3,7,9-14,16H,4-6,8,15H2,1-2H3,(H,24,25)/b7-3+,14-11+. The number of imidazole rings is 1. The van der Waals surface area contributed by atoms with Gasteiger partial charge in [-0.05, 0) is 56.0 Å². The van der Waals surface area contributed by atoms with E-state index in [1.807, 2.05) is 73.3 Å². The first-order valence-electron chi connectivity index (χ1n) is 8.87. The molecule has 2 rings (SSSR count). The number of hydrogen-bond acceptors (Lipinski definition) is 3. The highest BCUT2D eigenvalue weighted by Gasteiger charge is 2.00. The van der Waals surface area contributed by atoms with Gasteiger partial charge in [-0.1, -0.05) is 24.3 Å². The largest absolute Gasteiger partial charge is 0.494 e. The van der Waals surface area contributed by atoms with Crippen molar-refractivity contribution in [3.05, 3.63) is 53.6 Å². The van der Waals surface area contributed by atoms with Crippen molar-refractivity contribution in [3.8, 4) is 5.75 Å². The van der Waals surface area contributed by atoms with E-state index in [0.29, 0.717) is 13.0 Å². The van der Waals surface area contributed by atoms with Crippen molar-refractivity contribution >= 4 is 24.2 Å². The van der Waals surface area contributed by atoms with Gasteiger partial charge in [0.05, 0.1) is 12.3 Å². The third-order valence-electron chi connectivity index (χ3n) is 3.88. The van der Waals surface area contributed by atoms with E-state index in [0.717, 1.165) is 35.7 Å². The molecule has 0 spiro atoms. The molecule has 1 N–H and O–H groups in total. The summed E-state index contributed by atoms with van der Waals surface area (Å²) >= 11 is 0. The van der Waals surface area contributed by atoms with Crippen LogP contribution in [0.1, 0.15) is 49.7 Å². The Morgan fingerprint density at radius 2 is 1.92 bits per heavy atom. The predicted octanol–water partition coefficient (Wildman–Crippen LogP) is 4.65. The van der Waals surface area contributed by atoms with Gasteiger partial charge >= 0.3 is 5.97 Å². The lowest BCUT2D eigenvalue weighted by Gasteiger charge is -2.06. The average molecular weight is 354 g/mol. The number of nitrogens with zero attached hydrogens (tertiary/aromatic N) is 2. The van der Waals surface area contributed by atoms with E-state index >= 15 is 0 Å². The first kappa shape index (κ1) is 19.5. The van der Waals surface area contributed by atoms with Crippen molar-refractivity contribution < 1.29 is 14.6 Å². The van der Waals surface area contributed by atoms with E-state index in [-0.39, 0.29) is 6.42 Å². The van der Waals surface area contributed by atoms with Crippen molar-refractivity contribution in [2.45, 2.75) is 32.6 Å². The highest BCUT2D eigenvalue weighted by molar-refractivity contribution is 5.68. The third-order valence-corrected chi connectivity index (χ3v) is 3.88. The Bertz CT molecular complexity index is 758. The number of carbonyl (C=O) groups is 1. The fourth-order valence-corrected chi connectivity index (χ4v) is 2.50. The Kier molecular flexibility index (Phi) is 7.68. The topological polar surface area (TPSA) is 64.3 Å². The van der Waals surface area contributed by atoms with Crippen molar-refractivity contribution in [2.24, 2.45) is 7.05 Å². The van der Waals surface area contributed by atoms with Crippen LogP contribution in [0.3, 0.4) is 0 Å². The van der Waals surface area contributed by atoms with Gasteiger partial charge in [0.15, 0.2) is 0 Å². The molecule has 0 atom stereocenters. The molecule has 0 saturated carbocycles. The van der Waals surface area contributed by atoms with Crippen molar-refractivity contribution in [3.63, 3.8) is 0 Å². The Balaban J connectivity index is 1.81. The van der Waals surface area contributed by atoms with Crippen LogP contribution in [0, 0.1) is 0 Å². The van der Waals surface area contributed by atoms with E-state index in [2.05, 4.69) is 4.98 Å². The molecule has 0 saturated heterocycles. The molecule has 0 unspecified atom stereocenters. The van der Waals surface area contributed by atoms with Crippen molar-refractivity contribution in [1.29, 1.82) is 0 Å². The Morgan fingerprint density at radius 3 is 2.62 bits per heavy atom. The molecule has 1 aromatic heterocycles. The van der Waals surface area contributed by atoms with Gasteiger partial charge in [0, 0.05) is 19.7 Å². The maximum atomic E-state index is 10.4. The molecule has 138 valence electrons. The lowest BCUT2D eigenvalue weighted by molar-refractivity contribution is -0.137. The fraction of sp³-hybridized carbons (Fsp3) is 0.333. The first-order chi connectivity index (χ1) is 12.6. The molecule has 5 heteroatoms. The molecule has 0 aliphatic rings. The summed E-state index contributed by atoms with van der Waals surface area (Å²) in [7, 11) is 1.98. The number of aromatic nitrogens is 2. The third kappa shape index (κ3) is 6.59.